The van der Waals surface area contributed by atoms with Gasteiger partial charge in [-0.25, -0.2) is 0 Å². The van der Waals surface area contributed by atoms with Crippen LogP contribution in [0.5, 0.6) is 0 Å². The van der Waals surface area contributed by atoms with Crippen LogP contribution in [-0.4, -0.2) is 11.8 Å². The number of amides is 2. The van der Waals surface area contributed by atoms with Crippen molar-refractivity contribution in [3.63, 3.8) is 0 Å². The van der Waals surface area contributed by atoms with Gasteiger partial charge in [0, 0.05) is 11.4 Å². The van der Waals surface area contributed by atoms with Crippen LogP contribution in [0.4, 0.5) is 0 Å². The van der Waals surface area contributed by atoms with Crippen LogP contribution in [0.1, 0.15) is 48.9 Å². The van der Waals surface area contributed by atoms with Crippen molar-refractivity contribution in [3.8, 4) is 0 Å². The number of rotatable bonds is 4. The monoisotopic (exact) mass is 314 g/mol. The maximum absolute atomic E-state index is 12.6. The second-order valence-corrected chi connectivity index (χ2v) is 6.55. The smallest absolute Gasteiger partial charge is 0.259 e. The van der Waals surface area contributed by atoms with Gasteiger partial charge in [-0.3, -0.25) is 9.59 Å². The highest BCUT2D eigenvalue weighted by Crippen LogP contribution is 2.34. The predicted molar refractivity (Wildman–Crippen MR) is 87.1 cm³/mol. The van der Waals surface area contributed by atoms with Gasteiger partial charge in [0.05, 0.1) is 5.56 Å². The van der Waals surface area contributed by atoms with Crippen molar-refractivity contribution in [1.82, 2.24) is 5.32 Å². The number of carbonyl (C=O) groups is 2. The van der Waals surface area contributed by atoms with Crippen LogP contribution in [0.3, 0.4) is 0 Å². The lowest BCUT2D eigenvalue weighted by Gasteiger charge is -2.13. The van der Waals surface area contributed by atoms with Crippen LogP contribution in [0.2, 0.25) is 0 Å². The molecule has 1 aliphatic carbocycles. The molecule has 1 heterocycles. The van der Waals surface area contributed by atoms with Gasteiger partial charge in [-0.1, -0.05) is 30.3 Å². The molecule has 3 N–H and O–H groups in total. The van der Waals surface area contributed by atoms with Gasteiger partial charge in [-0.2, -0.15) is 0 Å². The van der Waals surface area contributed by atoms with E-state index in [0.29, 0.717) is 17.0 Å². The molecule has 0 saturated carbocycles. The Hall–Kier alpha value is -2.14. The van der Waals surface area contributed by atoms with Crippen molar-refractivity contribution in [2.45, 2.75) is 32.2 Å². The molecule has 1 aliphatic rings. The third-order valence-electron chi connectivity index (χ3n) is 3.92. The number of nitrogens with two attached hydrogens (primary N) is 1. The average molecular weight is 314 g/mol. The molecule has 1 aromatic heterocycles. The van der Waals surface area contributed by atoms with Gasteiger partial charge in [-0.05, 0) is 36.8 Å². The highest BCUT2D eigenvalue weighted by Gasteiger charge is 2.27. The van der Waals surface area contributed by atoms with Crippen LogP contribution >= 0.6 is 11.3 Å². The lowest BCUT2D eigenvalue weighted by Crippen LogP contribution is -2.26. The molecule has 0 unspecified atom stereocenters. The molecule has 0 aliphatic heterocycles. The molecule has 0 fully saturated rings. The topological polar surface area (TPSA) is 72.2 Å². The Kier molecular flexibility index (Phi) is 4.24. The predicted octanol–water partition coefficient (Wildman–Crippen LogP) is 2.66. The second kappa shape index (κ2) is 6.32. The molecule has 22 heavy (non-hydrogen) atoms. The summed E-state index contributed by atoms with van der Waals surface area (Å²) in [5.74, 6) is -0.707. The molecular weight excluding hydrogens is 296 g/mol. The van der Waals surface area contributed by atoms with Crippen molar-refractivity contribution >= 4 is 23.2 Å². The Morgan fingerprint density at radius 3 is 2.59 bits per heavy atom. The van der Waals surface area contributed by atoms with E-state index in [1.165, 1.54) is 11.3 Å². The fourth-order valence-electron chi connectivity index (χ4n) is 2.85. The Labute approximate surface area is 133 Å². The first kappa shape index (κ1) is 14.8. The summed E-state index contributed by atoms with van der Waals surface area (Å²) >= 11 is 1.38. The maximum atomic E-state index is 12.6. The summed E-state index contributed by atoms with van der Waals surface area (Å²) in [6.45, 7) is 0.447. The minimum atomic E-state index is -0.510. The quantitative estimate of drug-likeness (QED) is 0.910. The molecular formula is C17H18N2O2S. The molecule has 114 valence electrons. The van der Waals surface area contributed by atoms with E-state index in [2.05, 4.69) is 5.32 Å². The van der Waals surface area contributed by atoms with Gasteiger partial charge in [0.1, 0.15) is 4.88 Å². The minimum absolute atomic E-state index is 0.197. The van der Waals surface area contributed by atoms with E-state index in [1.807, 2.05) is 30.3 Å². The van der Waals surface area contributed by atoms with E-state index in [-0.39, 0.29) is 5.91 Å². The normalized spacial score (nSPS) is 13.5. The first-order valence-corrected chi connectivity index (χ1v) is 8.25. The summed E-state index contributed by atoms with van der Waals surface area (Å²) in [7, 11) is 0. The van der Waals surface area contributed by atoms with E-state index in [1.54, 1.807) is 0 Å². The van der Waals surface area contributed by atoms with E-state index in [0.717, 1.165) is 41.7 Å². The Bertz CT molecular complexity index is 707. The molecule has 0 saturated heterocycles. The van der Waals surface area contributed by atoms with Crippen molar-refractivity contribution in [3.05, 3.63) is 56.8 Å². The van der Waals surface area contributed by atoms with Crippen LogP contribution in [0.15, 0.2) is 30.3 Å². The fraction of sp³-hybridized carbons (Fsp3) is 0.294. The van der Waals surface area contributed by atoms with Crippen LogP contribution in [0.25, 0.3) is 0 Å². The lowest BCUT2D eigenvalue weighted by molar-refractivity contribution is 0.0935. The SMILES string of the molecule is NC(=O)c1sc2c(c1C(=O)NCc1ccccc1)CCCC2. The molecule has 2 amide bonds. The summed E-state index contributed by atoms with van der Waals surface area (Å²) in [5, 5.41) is 2.91. The summed E-state index contributed by atoms with van der Waals surface area (Å²) < 4.78 is 0. The molecule has 3 rings (SSSR count). The number of hydrogen-bond donors (Lipinski definition) is 2. The Morgan fingerprint density at radius 1 is 1.14 bits per heavy atom. The van der Waals surface area contributed by atoms with Gasteiger partial charge < -0.3 is 11.1 Å². The zero-order chi connectivity index (χ0) is 15.5. The minimum Gasteiger partial charge on any atom is -0.365 e. The zero-order valence-electron chi connectivity index (χ0n) is 12.2. The first-order chi connectivity index (χ1) is 10.7. The van der Waals surface area contributed by atoms with Crippen LogP contribution < -0.4 is 11.1 Å². The highest BCUT2D eigenvalue weighted by atomic mass is 32.1. The molecule has 2 aromatic rings. The van der Waals surface area contributed by atoms with Gasteiger partial charge >= 0.3 is 0 Å². The van der Waals surface area contributed by atoms with E-state index >= 15 is 0 Å². The third-order valence-corrected chi connectivity index (χ3v) is 5.22. The molecule has 0 atom stereocenters. The number of benzene rings is 1. The standard InChI is InChI=1S/C17H18N2O2S/c18-16(20)15-14(12-8-4-5-9-13(12)22-15)17(21)19-10-11-6-2-1-3-7-11/h1-3,6-7H,4-5,8-10H2,(H2,18,20)(H,19,21). The second-order valence-electron chi connectivity index (χ2n) is 5.45. The molecule has 0 spiro atoms. The van der Waals surface area contributed by atoms with E-state index in [9.17, 15) is 9.59 Å². The van der Waals surface area contributed by atoms with E-state index in [4.69, 9.17) is 5.73 Å². The van der Waals surface area contributed by atoms with Gasteiger partial charge in [0.25, 0.3) is 11.8 Å². The summed E-state index contributed by atoms with van der Waals surface area (Å²) in [4.78, 5) is 25.8. The van der Waals surface area contributed by atoms with Gasteiger partial charge in [0.2, 0.25) is 0 Å². The van der Waals surface area contributed by atoms with Crippen molar-refractivity contribution in [1.29, 1.82) is 0 Å². The largest absolute Gasteiger partial charge is 0.365 e. The Morgan fingerprint density at radius 2 is 1.86 bits per heavy atom. The first-order valence-electron chi connectivity index (χ1n) is 7.43. The average Bonchev–Trinajstić information content (AvgIpc) is 2.93. The lowest BCUT2D eigenvalue weighted by atomic mass is 9.94. The van der Waals surface area contributed by atoms with Gasteiger partial charge in [0.15, 0.2) is 0 Å². The molecule has 1 aromatic carbocycles. The molecule has 4 nitrogen and oxygen atoms in total. The number of aryl methyl sites for hydroxylation is 1. The zero-order valence-corrected chi connectivity index (χ0v) is 13.0. The third kappa shape index (κ3) is 2.90. The number of hydrogen-bond acceptors (Lipinski definition) is 3. The highest BCUT2D eigenvalue weighted by molar-refractivity contribution is 7.14. The summed E-state index contributed by atoms with van der Waals surface area (Å²) in [5.41, 5.74) is 8.02. The molecule has 0 bridgehead atoms. The number of nitrogens with one attached hydrogen (secondary N) is 1. The van der Waals surface area contributed by atoms with Crippen molar-refractivity contribution < 1.29 is 9.59 Å². The number of primary amides is 1. The van der Waals surface area contributed by atoms with Gasteiger partial charge in [-0.15, -0.1) is 11.3 Å². The summed E-state index contributed by atoms with van der Waals surface area (Å²) in [6, 6.07) is 9.72. The van der Waals surface area contributed by atoms with E-state index < -0.39 is 5.91 Å². The number of thiophene rings is 1. The van der Waals surface area contributed by atoms with Crippen LogP contribution in [0, 0.1) is 0 Å². The fourth-order valence-corrected chi connectivity index (χ4v) is 4.08. The summed E-state index contributed by atoms with van der Waals surface area (Å²) in [6.07, 6.45) is 3.96. The maximum Gasteiger partial charge on any atom is 0.259 e. The van der Waals surface area contributed by atoms with Crippen molar-refractivity contribution in [2.24, 2.45) is 5.73 Å². The number of fused-ring (bicyclic) bond motifs is 1. The van der Waals surface area contributed by atoms with Crippen LogP contribution in [-0.2, 0) is 19.4 Å². The number of carbonyl (C=O) groups excluding carboxylic acids is 2. The molecule has 5 heteroatoms. The Balaban J connectivity index is 1.85. The van der Waals surface area contributed by atoms with Crippen molar-refractivity contribution in [2.75, 3.05) is 0 Å². The molecule has 0 radical (unpaired) electrons.